The summed E-state index contributed by atoms with van der Waals surface area (Å²) >= 11 is 6.13. The molecule has 1 aromatic heterocycles. The summed E-state index contributed by atoms with van der Waals surface area (Å²) in [4.78, 5) is 0. The van der Waals surface area contributed by atoms with Gasteiger partial charge in [0.25, 0.3) is 0 Å². The summed E-state index contributed by atoms with van der Waals surface area (Å²) in [6, 6.07) is 6.20. The molecule has 0 aliphatic heterocycles. The van der Waals surface area contributed by atoms with Gasteiger partial charge in [-0.05, 0) is 37.1 Å². The summed E-state index contributed by atoms with van der Waals surface area (Å²) in [6.07, 6.45) is 5.86. The highest BCUT2D eigenvalue weighted by atomic mass is 35.5. The first-order chi connectivity index (χ1) is 9.26. The van der Waals surface area contributed by atoms with Crippen LogP contribution in [0.3, 0.4) is 0 Å². The van der Waals surface area contributed by atoms with Crippen molar-refractivity contribution in [3.63, 3.8) is 0 Å². The van der Waals surface area contributed by atoms with Crippen LogP contribution >= 0.6 is 11.6 Å². The fraction of sp³-hybridized carbons (Fsp3) is 0.500. The average molecular weight is 279 g/mol. The van der Waals surface area contributed by atoms with E-state index in [1.807, 2.05) is 6.07 Å². The van der Waals surface area contributed by atoms with E-state index in [9.17, 15) is 0 Å². The Hall–Kier alpha value is -0.990. The summed E-state index contributed by atoms with van der Waals surface area (Å²) in [5.74, 6) is 0. The van der Waals surface area contributed by atoms with E-state index in [1.54, 1.807) is 0 Å². The zero-order valence-corrected chi connectivity index (χ0v) is 12.6. The Kier molecular flexibility index (Phi) is 5.29. The molecular weight excluding hydrogens is 256 g/mol. The van der Waals surface area contributed by atoms with Gasteiger partial charge in [0.2, 0.25) is 0 Å². The van der Waals surface area contributed by atoms with Crippen LogP contribution in [0, 0.1) is 0 Å². The fourth-order valence-corrected chi connectivity index (χ4v) is 2.56. The molecule has 1 N–H and O–H groups in total. The van der Waals surface area contributed by atoms with E-state index >= 15 is 0 Å². The van der Waals surface area contributed by atoms with E-state index in [-0.39, 0.29) is 0 Å². The van der Waals surface area contributed by atoms with Crippen LogP contribution in [0.5, 0.6) is 0 Å². The zero-order valence-electron chi connectivity index (χ0n) is 11.9. The van der Waals surface area contributed by atoms with Crippen molar-refractivity contribution >= 4 is 22.5 Å². The van der Waals surface area contributed by atoms with Crippen molar-refractivity contribution < 1.29 is 0 Å². The lowest BCUT2D eigenvalue weighted by Gasteiger charge is -2.03. The van der Waals surface area contributed by atoms with Crippen molar-refractivity contribution in [1.29, 1.82) is 0 Å². The van der Waals surface area contributed by atoms with Gasteiger partial charge in [-0.1, -0.05) is 37.9 Å². The van der Waals surface area contributed by atoms with E-state index in [4.69, 9.17) is 11.6 Å². The molecule has 19 heavy (non-hydrogen) atoms. The van der Waals surface area contributed by atoms with E-state index in [1.165, 1.54) is 35.7 Å². The van der Waals surface area contributed by atoms with Crippen molar-refractivity contribution in [2.75, 3.05) is 6.54 Å². The standard InChI is InChI=1S/C16H23ClN2/c1-3-5-9-19-12-13(11-18-8-4-2)15-7-6-14(17)10-16(15)19/h6-7,10,12,18H,3-5,8-9,11H2,1-2H3. The third-order valence-electron chi connectivity index (χ3n) is 3.42. The van der Waals surface area contributed by atoms with Crippen LogP contribution < -0.4 is 5.32 Å². The normalized spacial score (nSPS) is 11.3. The van der Waals surface area contributed by atoms with Crippen LogP contribution in [-0.4, -0.2) is 11.1 Å². The van der Waals surface area contributed by atoms with Crippen LogP contribution in [0.15, 0.2) is 24.4 Å². The number of nitrogens with one attached hydrogen (secondary N) is 1. The number of hydrogen-bond donors (Lipinski definition) is 1. The summed E-state index contributed by atoms with van der Waals surface area (Å²) in [5, 5.41) is 5.62. The molecule has 2 aromatic rings. The first kappa shape index (κ1) is 14.4. The molecule has 0 aliphatic carbocycles. The smallest absolute Gasteiger partial charge is 0.0498 e. The van der Waals surface area contributed by atoms with Crippen molar-refractivity contribution in [2.24, 2.45) is 0 Å². The minimum Gasteiger partial charge on any atom is -0.347 e. The van der Waals surface area contributed by atoms with Gasteiger partial charge in [-0.25, -0.2) is 0 Å². The first-order valence-corrected chi connectivity index (χ1v) is 7.62. The molecule has 0 atom stereocenters. The minimum atomic E-state index is 0.816. The number of fused-ring (bicyclic) bond motifs is 1. The number of halogens is 1. The van der Waals surface area contributed by atoms with Crippen LogP contribution in [0.4, 0.5) is 0 Å². The molecule has 1 heterocycles. The van der Waals surface area contributed by atoms with Crippen molar-refractivity contribution in [1.82, 2.24) is 9.88 Å². The maximum atomic E-state index is 6.13. The first-order valence-electron chi connectivity index (χ1n) is 7.24. The van der Waals surface area contributed by atoms with Gasteiger partial charge in [0.05, 0.1) is 0 Å². The van der Waals surface area contributed by atoms with Crippen LogP contribution in [0.25, 0.3) is 10.9 Å². The van der Waals surface area contributed by atoms with Crippen molar-refractivity contribution in [3.05, 3.63) is 35.0 Å². The van der Waals surface area contributed by atoms with Gasteiger partial charge in [0.1, 0.15) is 0 Å². The zero-order chi connectivity index (χ0) is 13.7. The molecule has 0 bridgehead atoms. The Morgan fingerprint density at radius 2 is 2.05 bits per heavy atom. The fourth-order valence-electron chi connectivity index (χ4n) is 2.40. The summed E-state index contributed by atoms with van der Waals surface area (Å²) < 4.78 is 2.34. The van der Waals surface area contributed by atoms with Gasteiger partial charge in [0, 0.05) is 35.2 Å². The van der Waals surface area contributed by atoms with Gasteiger partial charge in [-0.15, -0.1) is 0 Å². The predicted octanol–water partition coefficient (Wildman–Crippen LogP) is 4.59. The number of rotatable bonds is 7. The Morgan fingerprint density at radius 3 is 2.79 bits per heavy atom. The lowest BCUT2D eigenvalue weighted by atomic mass is 10.2. The monoisotopic (exact) mass is 278 g/mol. The number of nitrogens with zero attached hydrogens (tertiary/aromatic N) is 1. The highest BCUT2D eigenvalue weighted by Crippen LogP contribution is 2.25. The molecule has 1 aromatic carbocycles. The molecule has 0 aliphatic rings. The third-order valence-corrected chi connectivity index (χ3v) is 3.66. The molecule has 2 rings (SSSR count). The Morgan fingerprint density at radius 1 is 1.21 bits per heavy atom. The highest BCUT2D eigenvalue weighted by Gasteiger charge is 2.08. The molecule has 0 saturated heterocycles. The highest BCUT2D eigenvalue weighted by molar-refractivity contribution is 6.31. The quantitative estimate of drug-likeness (QED) is 0.733. The second-order valence-electron chi connectivity index (χ2n) is 5.04. The molecule has 0 amide bonds. The van der Waals surface area contributed by atoms with E-state index in [0.29, 0.717) is 0 Å². The second-order valence-corrected chi connectivity index (χ2v) is 5.48. The topological polar surface area (TPSA) is 17.0 Å². The predicted molar refractivity (Wildman–Crippen MR) is 83.9 cm³/mol. The molecule has 0 spiro atoms. The number of aromatic nitrogens is 1. The van der Waals surface area contributed by atoms with E-state index in [0.717, 1.165) is 24.7 Å². The summed E-state index contributed by atoms with van der Waals surface area (Å²) in [6.45, 7) is 7.49. The van der Waals surface area contributed by atoms with E-state index in [2.05, 4.69) is 42.1 Å². The molecule has 0 fully saturated rings. The number of hydrogen-bond acceptors (Lipinski definition) is 1. The molecule has 2 nitrogen and oxygen atoms in total. The Labute approximate surface area is 120 Å². The lowest BCUT2D eigenvalue weighted by Crippen LogP contribution is -2.13. The molecule has 0 saturated carbocycles. The van der Waals surface area contributed by atoms with Gasteiger partial charge in [-0.2, -0.15) is 0 Å². The van der Waals surface area contributed by atoms with Crippen LogP contribution in [0.2, 0.25) is 5.02 Å². The Bertz CT molecular complexity index is 531. The minimum absolute atomic E-state index is 0.816. The largest absolute Gasteiger partial charge is 0.347 e. The van der Waals surface area contributed by atoms with Crippen molar-refractivity contribution in [3.8, 4) is 0 Å². The molecule has 104 valence electrons. The molecule has 0 radical (unpaired) electrons. The van der Waals surface area contributed by atoms with E-state index < -0.39 is 0 Å². The summed E-state index contributed by atoms with van der Waals surface area (Å²) in [5.41, 5.74) is 2.63. The lowest BCUT2D eigenvalue weighted by molar-refractivity contribution is 0.641. The SMILES string of the molecule is CCCCn1cc(CNCCC)c2ccc(Cl)cc21. The van der Waals surface area contributed by atoms with Gasteiger partial charge in [-0.3, -0.25) is 0 Å². The molecule has 0 unspecified atom stereocenters. The second kappa shape index (κ2) is 6.97. The Balaban J connectivity index is 2.29. The van der Waals surface area contributed by atoms with Crippen LogP contribution in [0.1, 0.15) is 38.7 Å². The van der Waals surface area contributed by atoms with Gasteiger partial charge < -0.3 is 9.88 Å². The average Bonchev–Trinajstić information content (AvgIpc) is 2.74. The maximum Gasteiger partial charge on any atom is 0.0498 e. The summed E-state index contributed by atoms with van der Waals surface area (Å²) in [7, 11) is 0. The van der Waals surface area contributed by atoms with Gasteiger partial charge in [0.15, 0.2) is 0 Å². The third kappa shape index (κ3) is 3.52. The molecular formula is C16H23ClN2. The van der Waals surface area contributed by atoms with Gasteiger partial charge >= 0.3 is 0 Å². The van der Waals surface area contributed by atoms with Crippen LogP contribution in [-0.2, 0) is 13.1 Å². The van der Waals surface area contributed by atoms with Crippen molar-refractivity contribution in [2.45, 2.75) is 46.2 Å². The molecule has 3 heteroatoms. The number of unbranched alkanes of at least 4 members (excludes halogenated alkanes) is 1. The maximum absolute atomic E-state index is 6.13. The number of benzene rings is 1. The number of aryl methyl sites for hydroxylation is 1.